The second kappa shape index (κ2) is 23.1. The molecule has 0 spiro atoms. The fourth-order valence-corrected chi connectivity index (χ4v) is 10.6. The summed E-state index contributed by atoms with van der Waals surface area (Å²) in [6.07, 6.45) is 5.37. The number of anilines is 9. The first kappa shape index (κ1) is 57.2. The highest BCUT2D eigenvalue weighted by molar-refractivity contribution is 6.05. The standard InChI is InChI=1S/3C20H21N5O3/c3*1-10(2)17-9-28-20(27)25(17)13-3-11-5-18(23-8-15(11)16(22)6-13)24-19(26)14-4-12(14)7-21/h3*3,5-6,8,10,12,14,17H,4,9,22H2,1-2H3,(H,23,24,26)/t12?,14?,17-;12-,14+,17+;12-,14+,17-/m101/s1. The molecule has 6 amide bonds. The molecular weight excluding hydrogens is 1070 g/mol. The van der Waals surface area contributed by atoms with Gasteiger partial charge in [0.05, 0.1) is 88.9 Å². The number of cyclic esters (lactones) is 3. The van der Waals surface area contributed by atoms with Crippen molar-refractivity contribution in [3.63, 3.8) is 0 Å². The normalized spacial score (nSPS) is 23.6. The summed E-state index contributed by atoms with van der Waals surface area (Å²) in [7, 11) is 0. The van der Waals surface area contributed by atoms with Crippen LogP contribution in [0.25, 0.3) is 32.3 Å². The maximum atomic E-state index is 12.3. The van der Waals surface area contributed by atoms with Crippen LogP contribution in [0.1, 0.15) is 60.8 Å². The van der Waals surface area contributed by atoms with E-state index in [-0.39, 0.29) is 89.1 Å². The molecule has 24 heteroatoms. The summed E-state index contributed by atoms with van der Waals surface area (Å²) >= 11 is 0. The number of pyridine rings is 3. The fraction of sp³-hybridized carbons (Fsp3) is 0.400. The Balaban J connectivity index is 0.000000140. The number of nitriles is 3. The first-order valence-corrected chi connectivity index (χ1v) is 27.7. The highest BCUT2D eigenvalue weighted by atomic mass is 16.6. The van der Waals surface area contributed by atoms with E-state index in [1.807, 2.05) is 59.7 Å². The van der Waals surface area contributed by atoms with Crippen molar-refractivity contribution in [2.75, 3.05) is 67.7 Å². The van der Waals surface area contributed by atoms with Gasteiger partial charge in [0.2, 0.25) is 17.7 Å². The van der Waals surface area contributed by atoms with Crippen molar-refractivity contribution in [3.05, 3.63) is 73.2 Å². The predicted octanol–water partition coefficient (Wildman–Crippen LogP) is 8.69. The molecule has 6 aromatic rings. The number of carbonyl (C=O) groups is 6. The summed E-state index contributed by atoms with van der Waals surface area (Å²) < 4.78 is 15.7. The lowest BCUT2D eigenvalue weighted by molar-refractivity contribution is -0.118. The number of benzene rings is 3. The topological polar surface area (TPSA) is 364 Å². The Kier molecular flexibility index (Phi) is 15.7. The summed E-state index contributed by atoms with van der Waals surface area (Å²) in [5, 5.41) is 39.4. The van der Waals surface area contributed by atoms with Gasteiger partial charge in [0.1, 0.15) is 37.3 Å². The van der Waals surface area contributed by atoms with Crippen LogP contribution in [0.3, 0.4) is 0 Å². The maximum Gasteiger partial charge on any atom is 0.414 e. The van der Waals surface area contributed by atoms with Gasteiger partial charge in [-0.05, 0) is 108 Å². The van der Waals surface area contributed by atoms with Gasteiger partial charge in [0.25, 0.3) is 0 Å². The first-order valence-electron chi connectivity index (χ1n) is 27.7. The zero-order chi connectivity index (χ0) is 60.0. The summed E-state index contributed by atoms with van der Waals surface area (Å²) in [5.74, 6) is -0.217. The Labute approximate surface area is 483 Å². The second-order valence-corrected chi connectivity index (χ2v) is 23.0. The number of nitrogens with one attached hydrogen (secondary N) is 3. The van der Waals surface area contributed by atoms with E-state index in [9.17, 15) is 28.8 Å². The zero-order valence-electron chi connectivity index (χ0n) is 47.0. The largest absolute Gasteiger partial charge is 0.447 e. The molecule has 3 aromatic carbocycles. The third-order valence-electron chi connectivity index (χ3n) is 16.1. The summed E-state index contributed by atoms with van der Waals surface area (Å²) in [6.45, 7) is 13.2. The second-order valence-electron chi connectivity index (χ2n) is 23.0. The SMILES string of the molecule is CC(C)[C@H]1COC(=O)N1c1cc(N)c2cnc(NC(=O)C3CC3C#N)cc2c1.CC(C)[C@H]1COC(=O)N1c1cc(N)c2cnc(NC(=O)[C@@H]3C[C@H]3C#N)cc2c1.CC(C)[C@H]1COC(=O)N1c1cc(N)c2cnc(NC(=O)[C@H]3C[C@@H]3C#N)cc2c1. The third-order valence-corrected chi connectivity index (χ3v) is 16.1. The lowest BCUT2D eigenvalue weighted by atomic mass is 10.0. The van der Waals surface area contributed by atoms with Gasteiger partial charge in [-0.15, -0.1) is 0 Å². The average molecular weight is 1140 g/mol. The quantitative estimate of drug-likeness (QED) is 0.0492. The average Bonchev–Trinajstić information content (AvgIpc) is 4.53. The smallest absolute Gasteiger partial charge is 0.414 e. The minimum absolute atomic E-state index is 0.0665. The molecule has 6 fully saturated rings. The molecule has 9 atom stereocenters. The Morgan fingerprint density at radius 1 is 0.476 bits per heavy atom. The maximum absolute atomic E-state index is 12.3. The van der Waals surface area contributed by atoms with E-state index in [1.54, 1.807) is 69.7 Å². The van der Waals surface area contributed by atoms with Crippen molar-refractivity contribution in [2.45, 2.75) is 78.9 Å². The molecule has 6 heterocycles. The van der Waals surface area contributed by atoms with E-state index in [4.69, 9.17) is 47.2 Å². The molecule has 84 heavy (non-hydrogen) atoms. The minimum Gasteiger partial charge on any atom is -0.447 e. The minimum atomic E-state index is -0.392. The number of fused-ring (bicyclic) bond motifs is 3. The van der Waals surface area contributed by atoms with Crippen LogP contribution in [-0.2, 0) is 28.6 Å². The fourth-order valence-electron chi connectivity index (χ4n) is 10.6. The van der Waals surface area contributed by atoms with Crippen LogP contribution >= 0.6 is 0 Å². The molecule has 9 N–H and O–H groups in total. The van der Waals surface area contributed by atoms with Gasteiger partial charge in [-0.2, -0.15) is 15.8 Å². The van der Waals surface area contributed by atoms with Crippen LogP contribution in [0.5, 0.6) is 0 Å². The summed E-state index contributed by atoms with van der Waals surface area (Å²) in [6, 6.07) is 22.0. The van der Waals surface area contributed by atoms with Gasteiger partial charge < -0.3 is 47.4 Å². The monoisotopic (exact) mass is 1140 g/mol. The Hall–Kier alpha value is -10.0. The number of nitrogens with two attached hydrogens (primary N) is 3. The van der Waals surface area contributed by atoms with Crippen molar-refractivity contribution < 1.29 is 43.0 Å². The number of nitrogens with zero attached hydrogens (tertiary/aromatic N) is 9. The highest BCUT2D eigenvalue weighted by Crippen LogP contribution is 2.42. The van der Waals surface area contributed by atoms with Gasteiger partial charge in [-0.1, -0.05) is 41.5 Å². The van der Waals surface area contributed by atoms with Crippen molar-refractivity contribution >= 4 is 120 Å². The van der Waals surface area contributed by atoms with E-state index in [0.717, 1.165) is 32.3 Å². The molecule has 3 saturated heterocycles. The number of aromatic nitrogens is 3. The van der Waals surface area contributed by atoms with E-state index >= 15 is 0 Å². The number of amides is 6. The van der Waals surface area contributed by atoms with E-state index < -0.39 is 18.3 Å². The molecule has 24 nitrogen and oxygen atoms in total. The molecule has 12 rings (SSSR count). The number of carbonyl (C=O) groups excluding carboxylic acids is 6. The van der Waals surface area contributed by atoms with Crippen LogP contribution in [0, 0.1) is 87.3 Å². The number of hydrogen-bond donors (Lipinski definition) is 6. The Morgan fingerprint density at radius 3 is 0.964 bits per heavy atom. The molecule has 2 unspecified atom stereocenters. The zero-order valence-corrected chi connectivity index (χ0v) is 47.0. The molecule has 3 saturated carbocycles. The van der Waals surface area contributed by atoms with Gasteiger partial charge in [0.15, 0.2) is 0 Å². The van der Waals surface area contributed by atoms with Gasteiger partial charge in [0, 0.05) is 51.8 Å². The van der Waals surface area contributed by atoms with Crippen LogP contribution < -0.4 is 47.9 Å². The Morgan fingerprint density at radius 2 is 0.738 bits per heavy atom. The molecule has 3 aliphatic heterocycles. The van der Waals surface area contributed by atoms with Crippen LogP contribution in [-0.4, -0.2) is 88.9 Å². The van der Waals surface area contributed by atoms with E-state index in [1.165, 1.54) is 0 Å². The van der Waals surface area contributed by atoms with Crippen molar-refractivity contribution in [2.24, 2.45) is 53.3 Å². The summed E-state index contributed by atoms with van der Waals surface area (Å²) in [4.78, 5) is 91.0. The van der Waals surface area contributed by atoms with E-state index in [0.29, 0.717) is 90.7 Å². The number of ether oxygens (including phenoxy) is 3. The van der Waals surface area contributed by atoms with Crippen molar-refractivity contribution in [1.82, 2.24) is 15.0 Å². The molecule has 6 aliphatic rings. The molecule has 432 valence electrons. The highest BCUT2D eigenvalue weighted by Gasteiger charge is 2.46. The van der Waals surface area contributed by atoms with Gasteiger partial charge in [-0.25, -0.2) is 29.3 Å². The van der Waals surface area contributed by atoms with Gasteiger partial charge in [-0.3, -0.25) is 29.1 Å². The lowest BCUT2D eigenvalue weighted by Gasteiger charge is -2.25. The third kappa shape index (κ3) is 11.7. The summed E-state index contributed by atoms with van der Waals surface area (Å²) in [5.41, 5.74) is 22.0. The van der Waals surface area contributed by atoms with Crippen LogP contribution in [0.4, 0.5) is 66.0 Å². The van der Waals surface area contributed by atoms with Crippen LogP contribution in [0.15, 0.2) is 73.2 Å². The molecular formula is C60H63N15O9. The molecule has 3 aliphatic carbocycles. The predicted molar refractivity (Wildman–Crippen MR) is 313 cm³/mol. The first-order chi connectivity index (χ1) is 40.2. The number of rotatable bonds is 12. The molecule has 0 bridgehead atoms. The van der Waals surface area contributed by atoms with Crippen LogP contribution in [0.2, 0.25) is 0 Å². The Bertz CT molecular complexity index is 3430. The van der Waals surface area contributed by atoms with E-state index in [2.05, 4.69) is 49.1 Å². The number of hydrogen-bond acceptors (Lipinski definition) is 18. The van der Waals surface area contributed by atoms with Crippen molar-refractivity contribution in [1.29, 1.82) is 15.8 Å². The molecule has 0 radical (unpaired) electrons. The van der Waals surface area contributed by atoms with Gasteiger partial charge >= 0.3 is 18.3 Å². The lowest BCUT2D eigenvalue weighted by Crippen LogP contribution is -2.37. The van der Waals surface area contributed by atoms with Crippen molar-refractivity contribution in [3.8, 4) is 18.2 Å². The molecule has 3 aromatic heterocycles. The number of nitrogen functional groups attached to an aromatic ring is 3.